The van der Waals surface area contributed by atoms with Crippen LogP contribution in [0, 0.1) is 5.41 Å². The topological polar surface area (TPSA) is 12.5 Å². The van der Waals surface area contributed by atoms with Crippen LogP contribution in [-0.2, 0) is 4.74 Å². The molecular formula is C12H23NO. The third-order valence-electron chi connectivity index (χ3n) is 2.50. The molecular weight excluding hydrogens is 174 g/mol. The van der Waals surface area contributed by atoms with Gasteiger partial charge in [0.2, 0.25) is 0 Å². The average molecular weight is 197 g/mol. The van der Waals surface area contributed by atoms with Gasteiger partial charge in [0, 0.05) is 11.0 Å². The van der Waals surface area contributed by atoms with Gasteiger partial charge in [0.25, 0.3) is 0 Å². The number of hydrogen-bond acceptors (Lipinski definition) is 2. The summed E-state index contributed by atoms with van der Waals surface area (Å²) in [7, 11) is 0. The van der Waals surface area contributed by atoms with Crippen LogP contribution in [-0.4, -0.2) is 23.6 Å². The van der Waals surface area contributed by atoms with Gasteiger partial charge in [-0.2, -0.15) is 0 Å². The maximum atomic E-state index is 5.43. The molecule has 1 aliphatic rings. The number of allylic oxidation sites excluding steroid dienone is 1. The lowest BCUT2D eigenvalue weighted by atomic mass is 9.88. The summed E-state index contributed by atoms with van der Waals surface area (Å²) in [4.78, 5) is 2.44. The van der Waals surface area contributed by atoms with Crippen molar-refractivity contribution < 1.29 is 4.74 Å². The molecule has 82 valence electrons. The Labute approximate surface area is 87.9 Å². The minimum Gasteiger partial charge on any atom is -0.498 e. The first kappa shape index (κ1) is 11.4. The van der Waals surface area contributed by atoms with Gasteiger partial charge in [-0.1, -0.05) is 20.8 Å². The highest BCUT2D eigenvalue weighted by Gasteiger charge is 2.32. The zero-order chi connectivity index (χ0) is 11.0. The summed E-state index contributed by atoms with van der Waals surface area (Å²) in [6.07, 6.45) is 1.93. The highest BCUT2D eigenvalue weighted by molar-refractivity contribution is 5.11. The Kier molecular flexibility index (Phi) is 2.84. The van der Waals surface area contributed by atoms with Gasteiger partial charge in [0.05, 0.1) is 12.2 Å². The first-order chi connectivity index (χ1) is 6.23. The van der Waals surface area contributed by atoms with Crippen LogP contribution in [0.5, 0.6) is 0 Å². The maximum Gasteiger partial charge on any atom is 0.105 e. The molecule has 1 heterocycles. The zero-order valence-corrected chi connectivity index (χ0v) is 10.3. The molecule has 0 atom stereocenters. The van der Waals surface area contributed by atoms with Gasteiger partial charge in [-0.3, -0.25) is 0 Å². The van der Waals surface area contributed by atoms with Crippen molar-refractivity contribution >= 4 is 0 Å². The summed E-state index contributed by atoms with van der Waals surface area (Å²) in [5.74, 6) is 0. The van der Waals surface area contributed by atoms with Crippen LogP contribution in [0.15, 0.2) is 12.0 Å². The Balaban J connectivity index is 2.95. The monoisotopic (exact) mass is 197 g/mol. The van der Waals surface area contributed by atoms with Crippen LogP contribution >= 0.6 is 0 Å². The molecule has 0 aromatic carbocycles. The van der Waals surface area contributed by atoms with Gasteiger partial charge in [-0.05, 0) is 20.8 Å². The van der Waals surface area contributed by atoms with Gasteiger partial charge >= 0.3 is 0 Å². The molecule has 0 radical (unpaired) electrons. The Bertz CT molecular complexity index is 230. The van der Waals surface area contributed by atoms with Crippen molar-refractivity contribution in [2.24, 2.45) is 5.41 Å². The second-order valence-electron chi connectivity index (χ2n) is 5.95. The number of ether oxygens (including phenoxy) is 1. The van der Waals surface area contributed by atoms with Crippen molar-refractivity contribution in [3.05, 3.63) is 12.0 Å². The zero-order valence-electron chi connectivity index (χ0n) is 10.3. The highest BCUT2D eigenvalue weighted by atomic mass is 16.5. The lowest BCUT2D eigenvalue weighted by molar-refractivity contribution is 0.0711. The van der Waals surface area contributed by atoms with E-state index >= 15 is 0 Å². The number of nitrogens with zero attached hydrogens (tertiary/aromatic N) is 1. The van der Waals surface area contributed by atoms with Crippen LogP contribution in [0.4, 0.5) is 0 Å². The molecule has 0 aromatic heterocycles. The van der Waals surface area contributed by atoms with Gasteiger partial charge < -0.3 is 9.64 Å². The first-order valence-electron chi connectivity index (χ1n) is 5.33. The summed E-state index contributed by atoms with van der Waals surface area (Å²) < 4.78 is 5.43. The van der Waals surface area contributed by atoms with Crippen molar-refractivity contribution in [1.29, 1.82) is 0 Å². The molecule has 2 nitrogen and oxygen atoms in total. The van der Waals surface area contributed by atoms with E-state index in [0.29, 0.717) is 0 Å². The van der Waals surface area contributed by atoms with Crippen LogP contribution in [0.2, 0.25) is 0 Å². The van der Waals surface area contributed by atoms with E-state index in [-0.39, 0.29) is 11.0 Å². The van der Waals surface area contributed by atoms with E-state index in [2.05, 4.69) is 46.4 Å². The molecule has 0 unspecified atom stereocenters. The third-order valence-corrected chi connectivity index (χ3v) is 2.50. The van der Waals surface area contributed by atoms with E-state index in [4.69, 9.17) is 4.74 Å². The fourth-order valence-corrected chi connectivity index (χ4v) is 1.74. The molecule has 0 bridgehead atoms. The van der Waals surface area contributed by atoms with Crippen molar-refractivity contribution in [1.82, 2.24) is 4.90 Å². The lowest BCUT2D eigenvalue weighted by Crippen LogP contribution is -2.47. The average Bonchev–Trinajstić information content (AvgIpc) is 2.01. The second kappa shape index (κ2) is 3.48. The van der Waals surface area contributed by atoms with Crippen molar-refractivity contribution in [3.8, 4) is 0 Å². The maximum absolute atomic E-state index is 5.43. The summed E-state index contributed by atoms with van der Waals surface area (Å²) in [5.41, 5.74) is 1.65. The second-order valence-corrected chi connectivity index (χ2v) is 5.95. The molecule has 0 aliphatic carbocycles. The Hall–Kier alpha value is -0.660. The third kappa shape index (κ3) is 2.43. The Morgan fingerprint density at radius 1 is 1.14 bits per heavy atom. The normalized spacial score (nSPS) is 19.0. The summed E-state index contributed by atoms with van der Waals surface area (Å²) in [6, 6.07) is 0. The minimum absolute atomic E-state index is 0.160. The van der Waals surface area contributed by atoms with E-state index in [1.807, 2.05) is 6.26 Å². The molecule has 0 fully saturated rings. The van der Waals surface area contributed by atoms with E-state index in [1.165, 1.54) is 5.70 Å². The van der Waals surface area contributed by atoms with E-state index < -0.39 is 0 Å². The molecule has 1 aliphatic heterocycles. The van der Waals surface area contributed by atoms with E-state index in [0.717, 1.165) is 13.2 Å². The Morgan fingerprint density at radius 3 is 2.07 bits per heavy atom. The van der Waals surface area contributed by atoms with Crippen molar-refractivity contribution in [2.75, 3.05) is 13.2 Å². The quantitative estimate of drug-likeness (QED) is 0.592. The van der Waals surface area contributed by atoms with Crippen LogP contribution < -0.4 is 0 Å². The summed E-state index contributed by atoms with van der Waals surface area (Å²) >= 11 is 0. The Morgan fingerprint density at radius 2 is 1.71 bits per heavy atom. The molecule has 0 aromatic rings. The fourth-order valence-electron chi connectivity index (χ4n) is 1.74. The van der Waals surface area contributed by atoms with Crippen LogP contribution in [0.25, 0.3) is 0 Å². The van der Waals surface area contributed by atoms with Gasteiger partial charge in [0.15, 0.2) is 0 Å². The standard InChI is InChI=1S/C12H23NO/c1-11(2,3)10-9-14-8-7-13(10)12(4,5)6/h9H,7-8H2,1-6H3. The lowest BCUT2D eigenvalue weighted by Gasteiger charge is -2.45. The molecule has 0 spiro atoms. The molecule has 0 amide bonds. The SMILES string of the molecule is CC(C)(C)C1=COCCN1C(C)(C)C. The van der Waals surface area contributed by atoms with Crippen molar-refractivity contribution in [3.63, 3.8) is 0 Å². The smallest absolute Gasteiger partial charge is 0.105 e. The molecule has 2 heteroatoms. The molecule has 1 rings (SSSR count). The molecule has 0 saturated carbocycles. The van der Waals surface area contributed by atoms with E-state index in [9.17, 15) is 0 Å². The predicted octanol–water partition coefficient (Wildman–Crippen LogP) is 3.00. The number of rotatable bonds is 0. The molecule has 0 saturated heterocycles. The largest absolute Gasteiger partial charge is 0.498 e. The van der Waals surface area contributed by atoms with Crippen LogP contribution in [0.3, 0.4) is 0 Å². The van der Waals surface area contributed by atoms with Gasteiger partial charge in [0.1, 0.15) is 12.9 Å². The van der Waals surface area contributed by atoms with Crippen molar-refractivity contribution in [2.45, 2.75) is 47.1 Å². The summed E-state index contributed by atoms with van der Waals surface area (Å²) in [6.45, 7) is 15.2. The highest BCUT2D eigenvalue weighted by Crippen LogP contribution is 2.34. The fraction of sp³-hybridized carbons (Fsp3) is 0.833. The molecule has 14 heavy (non-hydrogen) atoms. The van der Waals surface area contributed by atoms with Gasteiger partial charge in [-0.25, -0.2) is 0 Å². The first-order valence-corrected chi connectivity index (χ1v) is 5.33. The van der Waals surface area contributed by atoms with E-state index in [1.54, 1.807) is 0 Å². The minimum atomic E-state index is 0.160. The number of hydrogen-bond donors (Lipinski definition) is 0. The molecule has 0 N–H and O–H groups in total. The van der Waals surface area contributed by atoms with Crippen LogP contribution in [0.1, 0.15) is 41.5 Å². The van der Waals surface area contributed by atoms with Gasteiger partial charge in [-0.15, -0.1) is 0 Å². The predicted molar refractivity (Wildman–Crippen MR) is 59.9 cm³/mol. The summed E-state index contributed by atoms with van der Waals surface area (Å²) in [5, 5.41) is 0.